The maximum atomic E-state index is 14.0. The Balaban J connectivity index is 1.51. The van der Waals surface area contributed by atoms with Gasteiger partial charge in [-0.05, 0) is 62.2 Å². The zero-order chi connectivity index (χ0) is 23.7. The number of carbonyl (C=O) groups is 1. The van der Waals surface area contributed by atoms with Crippen molar-refractivity contribution in [2.45, 2.75) is 51.7 Å². The van der Waals surface area contributed by atoms with Gasteiger partial charge in [-0.1, -0.05) is 19.1 Å². The molecule has 1 amide bonds. The third-order valence-electron chi connectivity index (χ3n) is 6.70. The SMILES string of the molecule is CCCN1CCc2c(c(CN(C(=O)c3cccc(OC)c3)C3CC3)nn2-c2cccc(F)c2)C1. The predicted octanol–water partition coefficient (Wildman–Crippen LogP) is 4.59. The number of hydrogen-bond donors (Lipinski definition) is 0. The van der Waals surface area contributed by atoms with Crippen LogP contribution < -0.4 is 4.74 Å². The Morgan fingerprint density at radius 2 is 2.03 bits per heavy atom. The zero-order valence-electron chi connectivity index (χ0n) is 19.8. The smallest absolute Gasteiger partial charge is 0.254 e. The maximum Gasteiger partial charge on any atom is 0.254 e. The quantitative estimate of drug-likeness (QED) is 0.491. The first kappa shape index (κ1) is 22.6. The molecule has 0 saturated heterocycles. The average molecular weight is 463 g/mol. The van der Waals surface area contributed by atoms with Gasteiger partial charge in [0.1, 0.15) is 11.6 Å². The molecule has 2 aliphatic rings. The highest BCUT2D eigenvalue weighted by Crippen LogP contribution is 2.33. The van der Waals surface area contributed by atoms with Crippen LogP contribution in [0.2, 0.25) is 0 Å². The number of aromatic nitrogens is 2. The van der Waals surface area contributed by atoms with Crippen molar-refractivity contribution < 1.29 is 13.9 Å². The highest BCUT2D eigenvalue weighted by molar-refractivity contribution is 5.95. The van der Waals surface area contributed by atoms with Crippen molar-refractivity contribution in [1.29, 1.82) is 0 Å². The number of carbonyl (C=O) groups excluding carboxylic acids is 1. The zero-order valence-corrected chi connectivity index (χ0v) is 19.8. The summed E-state index contributed by atoms with van der Waals surface area (Å²) in [4.78, 5) is 17.9. The van der Waals surface area contributed by atoms with Gasteiger partial charge in [0.15, 0.2) is 0 Å². The molecule has 6 nitrogen and oxygen atoms in total. The number of nitrogens with zero attached hydrogens (tertiary/aromatic N) is 4. The van der Waals surface area contributed by atoms with Gasteiger partial charge in [0.05, 0.1) is 30.7 Å². The van der Waals surface area contributed by atoms with E-state index in [4.69, 9.17) is 9.84 Å². The Bertz CT molecular complexity index is 1190. The Morgan fingerprint density at radius 1 is 1.21 bits per heavy atom. The largest absolute Gasteiger partial charge is 0.497 e. The number of rotatable bonds is 8. The van der Waals surface area contributed by atoms with Crippen LogP contribution in [0.1, 0.15) is 53.5 Å². The molecule has 3 aromatic rings. The lowest BCUT2D eigenvalue weighted by Gasteiger charge is -2.28. The summed E-state index contributed by atoms with van der Waals surface area (Å²) in [5, 5.41) is 4.96. The topological polar surface area (TPSA) is 50.6 Å². The predicted molar refractivity (Wildman–Crippen MR) is 129 cm³/mol. The highest BCUT2D eigenvalue weighted by Gasteiger charge is 2.35. The Kier molecular flexibility index (Phi) is 6.37. The minimum absolute atomic E-state index is 0.00307. The van der Waals surface area contributed by atoms with Crippen molar-refractivity contribution in [2.24, 2.45) is 0 Å². The second-order valence-corrected chi connectivity index (χ2v) is 9.19. The second-order valence-electron chi connectivity index (χ2n) is 9.19. The van der Waals surface area contributed by atoms with Crippen LogP contribution in [0.3, 0.4) is 0 Å². The van der Waals surface area contributed by atoms with Crippen molar-refractivity contribution in [1.82, 2.24) is 19.6 Å². The summed E-state index contributed by atoms with van der Waals surface area (Å²) < 4.78 is 21.2. The summed E-state index contributed by atoms with van der Waals surface area (Å²) in [6.45, 7) is 5.43. The number of methoxy groups -OCH3 is 1. The number of halogens is 1. The van der Waals surface area contributed by atoms with E-state index in [0.29, 0.717) is 17.9 Å². The van der Waals surface area contributed by atoms with Gasteiger partial charge in [0, 0.05) is 36.7 Å². The van der Waals surface area contributed by atoms with Crippen LogP contribution in [0.15, 0.2) is 48.5 Å². The number of hydrogen-bond acceptors (Lipinski definition) is 4. The van der Waals surface area contributed by atoms with Crippen LogP contribution in [0, 0.1) is 5.82 Å². The average Bonchev–Trinajstić information content (AvgIpc) is 3.64. The number of amides is 1. The van der Waals surface area contributed by atoms with Crippen molar-refractivity contribution in [3.63, 3.8) is 0 Å². The third kappa shape index (κ3) is 4.57. The van der Waals surface area contributed by atoms with E-state index in [1.54, 1.807) is 19.2 Å². The van der Waals surface area contributed by atoms with Crippen LogP contribution in [0.4, 0.5) is 4.39 Å². The molecule has 0 radical (unpaired) electrons. The summed E-state index contributed by atoms with van der Waals surface area (Å²) in [6, 6.07) is 14.1. The standard InChI is InChI=1S/C27H31FN4O2/c1-3-13-30-14-12-26-24(17-30)25(29-32(26)22-8-5-7-20(28)16-22)18-31(21-10-11-21)27(33)19-6-4-9-23(15-19)34-2/h4-9,15-16,21H,3,10-14,17-18H2,1-2H3. The maximum absolute atomic E-state index is 14.0. The lowest BCUT2D eigenvalue weighted by atomic mass is 10.0. The first-order chi connectivity index (χ1) is 16.6. The van der Waals surface area contributed by atoms with Crippen LogP contribution in [0.5, 0.6) is 5.75 Å². The highest BCUT2D eigenvalue weighted by atomic mass is 19.1. The number of benzene rings is 2. The van der Waals surface area contributed by atoms with Crippen LogP contribution >= 0.6 is 0 Å². The fourth-order valence-electron chi connectivity index (χ4n) is 4.83. The fraction of sp³-hybridized carbons (Fsp3) is 0.407. The fourth-order valence-corrected chi connectivity index (χ4v) is 4.83. The van der Waals surface area contributed by atoms with Crippen LogP contribution in [-0.2, 0) is 19.5 Å². The third-order valence-corrected chi connectivity index (χ3v) is 6.70. The molecule has 5 rings (SSSR count). The Hall–Kier alpha value is -3.19. The molecule has 34 heavy (non-hydrogen) atoms. The molecule has 0 unspecified atom stereocenters. The molecule has 0 spiro atoms. The van der Waals surface area contributed by atoms with E-state index >= 15 is 0 Å². The van der Waals surface area contributed by atoms with E-state index in [0.717, 1.165) is 62.4 Å². The summed E-state index contributed by atoms with van der Waals surface area (Å²) in [7, 11) is 1.61. The van der Waals surface area contributed by atoms with E-state index in [1.807, 2.05) is 33.8 Å². The van der Waals surface area contributed by atoms with Crippen molar-refractivity contribution in [3.05, 3.63) is 76.9 Å². The molecular weight excluding hydrogens is 431 g/mol. The minimum atomic E-state index is -0.278. The molecule has 2 aromatic carbocycles. The van der Waals surface area contributed by atoms with Gasteiger partial charge >= 0.3 is 0 Å². The van der Waals surface area contributed by atoms with E-state index < -0.39 is 0 Å². The van der Waals surface area contributed by atoms with Gasteiger partial charge in [-0.25, -0.2) is 9.07 Å². The normalized spacial score (nSPS) is 15.7. The summed E-state index contributed by atoms with van der Waals surface area (Å²) >= 11 is 0. The summed E-state index contributed by atoms with van der Waals surface area (Å²) in [6.07, 6.45) is 3.95. The molecule has 0 N–H and O–H groups in total. The second kappa shape index (κ2) is 9.58. The molecule has 0 bridgehead atoms. The van der Waals surface area contributed by atoms with E-state index in [1.165, 1.54) is 17.7 Å². The van der Waals surface area contributed by atoms with Gasteiger partial charge in [0.2, 0.25) is 0 Å². The monoisotopic (exact) mass is 462 g/mol. The number of ether oxygens (including phenoxy) is 1. The van der Waals surface area contributed by atoms with Gasteiger partial charge in [-0.3, -0.25) is 9.69 Å². The molecule has 1 fully saturated rings. The van der Waals surface area contributed by atoms with Crippen molar-refractivity contribution in [2.75, 3.05) is 20.2 Å². The first-order valence-corrected chi connectivity index (χ1v) is 12.1. The van der Waals surface area contributed by atoms with Gasteiger partial charge < -0.3 is 9.64 Å². The lowest BCUT2D eigenvalue weighted by Crippen LogP contribution is -2.34. The molecule has 1 aliphatic carbocycles. The molecule has 0 atom stereocenters. The van der Waals surface area contributed by atoms with E-state index in [9.17, 15) is 9.18 Å². The molecule has 1 aromatic heterocycles. The van der Waals surface area contributed by atoms with E-state index in [-0.39, 0.29) is 17.8 Å². The lowest BCUT2D eigenvalue weighted by molar-refractivity contribution is 0.0726. The molecule has 1 saturated carbocycles. The molecule has 2 heterocycles. The molecule has 1 aliphatic heterocycles. The van der Waals surface area contributed by atoms with Gasteiger partial charge in [-0.2, -0.15) is 5.10 Å². The summed E-state index contributed by atoms with van der Waals surface area (Å²) in [5.74, 6) is 0.390. The molecule has 178 valence electrons. The van der Waals surface area contributed by atoms with Crippen molar-refractivity contribution >= 4 is 5.91 Å². The Morgan fingerprint density at radius 3 is 2.76 bits per heavy atom. The van der Waals surface area contributed by atoms with E-state index in [2.05, 4.69) is 11.8 Å². The molecule has 7 heteroatoms. The first-order valence-electron chi connectivity index (χ1n) is 12.1. The van der Waals surface area contributed by atoms with Crippen LogP contribution in [0.25, 0.3) is 5.69 Å². The Labute approximate surface area is 199 Å². The van der Waals surface area contributed by atoms with Gasteiger partial charge in [-0.15, -0.1) is 0 Å². The van der Waals surface area contributed by atoms with Gasteiger partial charge in [0.25, 0.3) is 5.91 Å². The molecular formula is C27H31FN4O2. The number of fused-ring (bicyclic) bond motifs is 1. The van der Waals surface area contributed by atoms with Crippen LogP contribution in [-0.4, -0.2) is 51.7 Å². The summed E-state index contributed by atoms with van der Waals surface area (Å²) in [5.41, 5.74) is 4.55. The van der Waals surface area contributed by atoms with Crippen molar-refractivity contribution in [3.8, 4) is 11.4 Å². The minimum Gasteiger partial charge on any atom is -0.497 e.